The van der Waals surface area contributed by atoms with E-state index in [0.717, 1.165) is 6.26 Å². The van der Waals surface area contributed by atoms with Gasteiger partial charge in [0.25, 0.3) is 5.91 Å². The van der Waals surface area contributed by atoms with E-state index < -0.39 is 21.8 Å². The van der Waals surface area contributed by atoms with Crippen molar-refractivity contribution in [2.75, 3.05) is 18.6 Å². The number of nitrogens with one attached hydrogen (secondary N) is 1. The van der Waals surface area contributed by atoms with E-state index in [1.807, 2.05) is 0 Å². The molecule has 2 N–H and O–H groups in total. The van der Waals surface area contributed by atoms with Crippen molar-refractivity contribution in [1.29, 1.82) is 0 Å². The summed E-state index contributed by atoms with van der Waals surface area (Å²) in [5.41, 5.74) is 0.840. The van der Waals surface area contributed by atoms with E-state index >= 15 is 0 Å². The lowest BCUT2D eigenvalue weighted by Gasteiger charge is -2.12. The number of pyridine rings is 1. The zero-order valence-electron chi connectivity index (χ0n) is 12.0. The molecule has 1 rings (SSSR count). The van der Waals surface area contributed by atoms with E-state index in [9.17, 15) is 13.2 Å². The number of hydrogen-bond acceptors (Lipinski definition) is 5. The van der Waals surface area contributed by atoms with Crippen LogP contribution in [0.1, 0.15) is 29.4 Å². The summed E-state index contributed by atoms with van der Waals surface area (Å²) in [5.74, 6) is 5.00. The second-order valence-corrected chi connectivity index (χ2v) is 6.86. The van der Waals surface area contributed by atoms with Crippen molar-refractivity contribution in [3.05, 3.63) is 29.6 Å². The van der Waals surface area contributed by atoms with Gasteiger partial charge in [0.1, 0.15) is 15.5 Å². The van der Waals surface area contributed by atoms with Crippen molar-refractivity contribution in [2.45, 2.75) is 19.4 Å². The molecule has 0 fully saturated rings. The molecule has 1 aromatic rings. The molecule has 0 aliphatic rings. The summed E-state index contributed by atoms with van der Waals surface area (Å²) in [7, 11) is -3.14. The van der Waals surface area contributed by atoms with Gasteiger partial charge in [0.2, 0.25) is 0 Å². The Balaban J connectivity index is 2.66. The molecule has 0 saturated carbocycles. The highest BCUT2D eigenvalue weighted by atomic mass is 32.2. The maximum atomic E-state index is 11.9. The summed E-state index contributed by atoms with van der Waals surface area (Å²) in [4.78, 5) is 15.9. The number of carbonyl (C=O) groups excluding carboxylic acids is 1. The van der Waals surface area contributed by atoms with E-state index in [0.29, 0.717) is 12.0 Å². The van der Waals surface area contributed by atoms with Gasteiger partial charge in [0.05, 0.1) is 12.4 Å². The molecule has 7 heteroatoms. The maximum absolute atomic E-state index is 11.9. The van der Waals surface area contributed by atoms with Crippen LogP contribution in [-0.4, -0.2) is 49.1 Å². The lowest BCUT2D eigenvalue weighted by Crippen LogP contribution is -2.37. The molecular formula is C14H18N2O4S. The quantitative estimate of drug-likeness (QED) is 0.745. The number of aliphatic hydroxyl groups excluding tert-OH is 1. The van der Waals surface area contributed by atoms with Crippen LogP contribution in [0.4, 0.5) is 0 Å². The molecule has 6 nitrogen and oxygen atoms in total. The molecule has 1 heterocycles. The van der Waals surface area contributed by atoms with Gasteiger partial charge in [-0.1, -0.05) is 11.8 Å². The fourth-order valence-corrected chi connectivity index (χ4v) is 2.61. The van der Waals surface area contributed by atoms with Crippen molar-refractivity contribution in [2.24, 2.45) is 0 Å². The van der Waals surface area contributed by atoms with Gasteiger partial charge in [-0.25, -0.2) is 13.4 Å². The standard InChI is InChI=1S/C14H18N2O4S/c1-11(10-21(2,19)20)16-14(18)13-7-6-12(9-15-13)5-3-4-8-17/h6-7,9,11,17H,4,8,10H2,1-2H3,(H,16,18). The minimum atomic E-state index is -3.14. The summed E-state index contributed by atoms with van der Waals surface area (Å²) in [6.45, 7) is 1.62. The molecule has 0 spiro atoms. The summed E-state index contributed by atoms with van der Waals surface area (Å²) >= 11 is 0. The van der Waals surface area contributed by atoms with E-state index in [1.54, 1.807) is 13.0 Å². The Morgan fingerprint density at radius 1 is 1.48 bits per heavy atom. The number of sulfone groups is 1. The third kappa shape index (κ3) is 6.88. The summed E-state index contributed by atoms with van der Waals surface area (Å²) in [5, 5.41) is 11.2. The van der Waals surface area contributed by atoms with Crippen LogP contribution in [0.25, 0.3) is 0 Å². The van der Waals surface area contributed by atoms with Gasteiger partial charge in [-0.15, -0.1) is 0 Å². The molecule has 0 aliphatic carbocycles. The molecule has 0 aliphatic heterocycles. The Hall–Kier alpha value is -1.91. The number of rotatable bonds is 5. The fourth-order valence-electron chi connectivity index (χ4n) is 1.62. The first kappa shape index (κ1) is 17.1. The second-order valence-electron chi connectivity index (χ2n) is 4.67. The molecule has 0 radical (unpaired) electrons. The molecular weight excluding hydrogens is 292 g/mol. The topological polar surface area (TPSA) is 96.4 Å². The first-order valence-electron chi connectivity index (χ1n) is 6.36. The summed E-state index contributed by atoms with van der Waals surface area (Å²) < 4.78 is 22.3. The highest BCUT2D eigenvalue weighted by Crippen LogP contribution is 2.00. The number of nitrogens with zero attached hydrogens (tertiary/aromatic N) is 1. The van der Waals surface area contributed by atoms with Crippen molar-refractivity contribution in [3.63, 3.8) is 0 Å². The maximum Gasteiger partial charge on any atom is 0.270 e. The third-order valence-corrected chi connectivity index (χ3v) is 3.50. The highest BCUT2D eigenvalue weighted by Gasteiger charge is 2.14. The largest absolute Gasteiger partial charge is 0.395 e. The Labute approximate surface area is 124 Å². The molecule has 0 saturated heterocycles. The third-order valence-electron chi connectivity index (χ3n) is 2.40. The predicted octanol–water partition coefficient (Wildman–Crippen LogP) is -0.0216. The van der Waals surface area contributed by atoms with Crippen LogP contribution in [0.2, 0.25) is 0 Å². The SMILES string of the molecule is CC(CS(C)(=O)=O)NC(=O)c1ccc(C#CCCO)cn1. The van der Waals surface area contributed by atoms with Crippen LogP contribution in [-0.2, 0) is 9.84 Å². The Kier molecular flexibility index (Phi) is 6.34. The zero-order chi connectivity index (χ0) is 15.9. The van der Waals surface area contributed by atoms with Crippen molar-refractivity contribution in [3.8, 4) is 11.8 Å². The monoisotopic (exact) mass is 310 g/mol. The van der Waals surface area contributed by atoms with Crippen LogP contribution < -0.4 is 5.32 Å². The summed E-state index contributed by atoms with van der Waals surface area (Å²) in [6, 6.07) is 2.68. The van der Waals surface area contributed by atoms with Gasteiger partial charge >= 0.3 is 0 Å². The zero-order valence-corrected chi connectivity index (χ0v) is 12.8. The molecule has 1 atom stereocenters. The van der Waals surface area contributed by atoms with Gasteiger partial charge in [-0.3, -0.25) is 4.79 Å². The van der Waals surface area contributed by atoms with Gasteiger partial charge in [0.15, 0.2) is 0 Å². The molecule has 1 aromatic heterocycles. The Bertz CT molecular complexity index is 642. The molecule has 1 amide bonds. The average Bonchev–Trinajstić information content (AvgIpc) is 2.37. The number of amides is 1. The van der Waals surface area contributed by atoms with Gasteiger partial charge in [-0.05, 0) is 19.1 Å². The van der Waals surface area contributed by atoms with Crippen LogP contribution >= 0.6 is 0 Å². The van der Waals surface area contributed by atoms with Gasteiger partial charge < -0.3 is 10.4 Å². The predicted molar refractivity (Wildman–Crippen MR) is 79.5 cm³/mol. The second kappa shape index (κ2) is 7.76. The first-order valence-corrected chi connectivity index (χ1v) is 8.42. The number of aliphatic hydroxyl groups is 1. The van der Waals surface area contributed by atoms with Crippen molar-refractivity contribution < 1.29 is 18.3 Å². The number of carbonyl (C=O) groups is 1. The summed E-state index contributed by atoms with van der Waals surface area (Å²) in [6.07, 6.45) is 2.96. The number of aromatic nitrogens is 1. The fraction of sp³-hybridized carbons (Fsp3) is 0.429. The van der Waals surface area contributed by atoms with Crippen molar-refractivity contribution >= 4 is 15.7 Å². The lowest BCUT2D eigenvalue weighted by molar-refractivity contribution is 0.0938. The van der Waals surface area contributed by atoms with E-state index in [2.05, 4.69) is 22.1 Å². The van der Waals surface area contributed by atoms with Crippen molar-refractivity contribution in [1.82, 2.24) is 10.3 Å². The van der Waals surface area contributed by atoms with E-state index in [1.165, 1.54) is 12.3 Å². The van der Waals surface area contributed by atoms with E-state index in [4.69, 9.17) is 5.11 Å². The Morgan fingerprint density at radius 3 is 2.71 bits per heavy atom. The smallest absolute Gasteiger partial charge is 0.270 e. The van der Waals surface area contributed by atoms with Gasteiger partial charge in [-0.2, -0.15) is 0 Å². The highest BCUT2D eigenvalue weighted by molar-refractivity contribution is 7.90. The van der Waals surface area contributed by atoms with Crippen LogP contribution in [0, 0.1) is 11.8 Å². The van der Waals surface area contributed by atoms with Crippen LogP contribution in [0.15, 0.2) is 18.3 Å². The van der Waals surface area contributed by atoms with Crippen LogP contribution in [0.5, 0.6) is 0 Å². The lowest BCUT2D eigenvalue weighted by atomic mass is 10.2. The normalized spacial score (nSPS) is 12.1. The minimum absolute atomic E-state index is 0.000850. The number of hydrogen-bond donors (Lipinski definition) is 2. The molecule has 0 aromatic carbocycles. The van der Waals surface area contributed by atoms with Gasteiger partial charge in [0, 0.05) is 30.5 Å². The first-order chi connectivity index (χ1) is 9.81. The molecule has 1 unspecified atom stereocenters. The average molecular weight is 310 g/mol. The van der Waals surface area contributed by atoms with Crippen LogP contribution in [0.3, 0.4) is 0 Å². The molecule has 21 heavy (non-hydrogen) atoms. The Morgan fingerprint density at radius 2 is 2.19 bits per heavy atom. The molecule has 0 bridgehead atoms. The molecule has 114 valence electrons. The van der Waals surface area contributed by atoms with E-state index in [-0.39, 0.29) is 18.1 Å². The minimum Gasteiger partial charge on any atom is -0.395 e.